The number of benzene rings is 1. The summed E-state index contributed by atoms with van der Waals surface area (Å²) in [7, 11) is -0.477. The number of rotatable bonds is 7. The van der Waals surface area contributed by atoms with E-state index in [2.05, 4.69) is 26.1 Å². The minimum Gasteiger partial charge on any atom is -0.520 e. The fourth-order valence-electron chi connectivity index (χ4n) is 2.74. The van der Waals surface area contributed by atoms with E-state index >= 15 is 0 Å². The Morgan fingerprint density at radius 2 is 1.91 bits per heavy atom. The Morgan fingerprint density at radius 3 is 2.52 bits per heavy atom. The number of aryl methyl sites for hydroxylation is 1. The zero-order valence-electron chi connectivity index (χ0n) is 13.9. The van der Waals surface area contributed by atoms with Gasteiger partial charge in [0.15, 0.2) is 0 Å². The quantitative estimate of drug-likeness (QED) is 0.573. The van der Waals surface area contributed by atoms with Crippen LogP contribution in [-0.4, -0.2) is 19.7 Å². The second-order valence-electron chi connectivity index (χ2n) is 5.41. The third-order valence-corrected chi connectivity index (χ3v) is 3.86. The van der Waals surface area contributed by atoms with E-state index < -0.39 is 7.12 Å². The van der Waals surface area contributed by atoms with Crippen LogP contribution in [0.1, 0.15) is 37.8 Å². The number of carbonyl (C=O) groups is 1. The first-order valence-corrected chi connectivity index (χ1v) is 8.04. The molecule has 0 N–H and O–H groups in total. The molecule has 0 radical (unpaired) electrons. The van der Waals surface area contributed by atoms with E-state index in [9.17, 15) is 4.79 Å². The number of hydrogen-bond donors (Lipinski definition) is 0. The van der Waals surface area contributed by atoms with Crippen LogP contribution in [0.15, 0.2) is 42.9 Å². The lowest BCUT2D eigenvalue weighted by molar-refractivity contribution is -0.143. The molecule has 2 rings (SSSR count). The highest BCUT2D eigenvalue weighted by atomic mass is 16.6. The third kappa shape index (κ3) is 4.18. The SMILES string of the molecule is C=C1OB(c2cccc(CCCC(=O)OCC)c2CC)OC1=C. The number of ether oxygens (including phenoxy) is 1. The number of esters is 1. The van der Waals surface area contributed by atoms with Gasteiger partial charge in [-0.3, -0.25) is 4.79 Å². The molecule has 4 nitrogen and oxygen atoms in total. The number of hydrogen-bond acceptors (Lipinski definition) is 4. The van der Waals surface area contributed by atoms with Crippen LogP contribution in [0.25, 0.3) is 0 Å². The van der Waals surface area contributed by atoms with Gasteiger partial charge in [-0.25, -0.2) is 0 Å². The lowest BCUT2D eigenvalue weighted by Gasteiger charge is -2.14. The molecule has 0 spiro atoms. The van der Waals surface area contributed by atoms with Crippen molar-refractivity contribution in [3.05, 3.63) is 54.0 Å². The molecule has 5 heteroatoms. The van der Waals surface area contributed by atoms with Crippen molar-refractivity contribution in [2.75, 3.05) is 6.61 Å². The predicted octanol–water partition coefficient (Wildman–Crippen LogP) is 2.90. The molecule has 0 atom stereocenters. The summed E-state index contributed by atoms with van der Waals surface area (Å²) in [6.45, 7) is 11.9. The average Bonchev–Trinajstić information content (AvgIpc) is 2.86. The fourth-order valence-corrected chi connectivity index (χ4v) is 2.74. The molecule has 0 saturated carbocycles. The first kappa shape index (κ1) is 17.2. The molecule has 122 valence electrons. The molecule has 0 aliphatic carbocycles. The van der Waals surface area contributed by atoms with Gasteiger partial charge in [0.2, 0.25) is 0 Å². The summed E-state index contributed by atoms with van der Waals surface area (Å²) in [5.74, 6) is 0.811. The lowest BCUT2D eigenvalue weighted by atomic mass is 9.74. The van der Waals surface area contributed by atoms with Gasteiger partial charge in [0.1, 0.15) is 11.5 Å². The Kier molecular flexibility index (Phi) is 5.91. The van der Waals surface area contributed by atoms with Crippen molar-refractivity contribution < 1.29 is 18.8 Å². The van der Waals surface area contributed by atoms with Gasteiger partial charge in [-0.05, 0) is 37.3 Å². The molecule has 1 aromatic rings. The summed E-state index contributed by atoms with van der Waals surface area (Å²) >= 11 is 0. The van der Waals surface area contributed by atoms with Crippen LogP contribution in [0.3, 0.4) is 0 Å². The van der Waals surface area contributed by atoms with Crippen molar-refractivity contribution in [1.82, 2.24) is 0 Å². The second-order valence-corrected chi connectivity index (χ2v) is 5.41. The molecular weight excluding hydrogens is 291 g/mol. The smallest absolute Gasteiger partial charge is 0.520 e. The highest BCUT2D eigenvalue weighted by Crippen LogP contribution is 2.22. The van der Waals surface area contributed by atoms with Gasteiger partial charge in [-0.2, -0.15) is 0 Å². The Labute approximate surface area is 138 Å². The second kappa shape index (κ2) is 7.91. The van der Waals surface area contributed by atoms with Crippen molar-refractivity contribution in [3.8, 4) is 0 Å². The van der Waals surface area contributed by atoms with Crippen molar-refractivity contribution >= 4 is 18.6 Å². The van der Waals surface area contributed by atoms with Crippen LogP contribution in [0.2, 0.25) is 0 Å². The molecule has 1 aliphatic rings. The van der Waals surface area contributed by atoms with Crippen LogP contribution in [0.5, 0.6) is 0 Å². The third-order valence-electron chi connectivity index (χ3n) is 3.86. The Hall–Kier alpha value is -2.17. The highest BCUT2D eigenvalue weighted by molar-refractivity contribution is 6.63. The lowest BCUT2D eigenvalue weighted by Crippen LogP contribution is -2.35. The summed E-state index contributed by atoms with van der Waals surface area (Å²) < 4.78 is 16.2. The molecule has 1 saturated heterocycles. The van der Waals surface area contributed by atoms with Gasteiger partial charge < -0.3 is 14.0 Å². The number of carbonyl (C=O) groups excluding carboxylic acids is 1. The van der Waals surface area contributed by atoms with Gasteiger partial charge in [0.05, 0.1) is 6.61 Å². The average molecular weight is 314 g/mol. The van der Waals surface area contributed by atoms with Gasteiger partial charge in [0, 0.05) is 11.9 Å². The summed E-state index contributed by atoms with van der Waals surface area (Å²) in [5, 5.41) is 0. The molecule has 23 heavy (non-hydrogen) atoms. The van der Waals surface area contributed by atoms with Crippen molar-refractivity contribution in [1.29, 1.82) is 0 Å². The zero-order chi connectivity index (χ0) is 16.8. The van der Waals surface area contributed by atoms with Crippen molar-refractivity contribution in [2.45, 2.75) is 39.5 Å². The summed E-state index contributed by atoms with van der Waals surface area (Å²) in [6, 6.07) is 6.08. The van der Waals surface area contributed by atoms with E-state index in [1.54, 1.807) is 0 Å². The maximum Gasteiger partial charge on any atom is 0.633 e. The normalized spacial score (nSPS) is 13.7. The Morgan fingerprint density at radius 1 is 1.22 bits per heavy atom. The summed E-state index contributed by atoms with van der Waals surface area (Å²) in [4.78, 5) is 11.5. The molecule has 0 bridgehead atoms. The maximum absolute atomic E-state index is 11.5. The van der Waals surface area contributed by atoms with Gasteiger partial charge in [-0.1, -0.05) is 38.3 Å². The van der Waals surface area contributed by atoms with Gasteiger partial charge in [0.25, 0.3) is 0 Å². The van der Waals surface area contributed by atoms with Gasteiger partial charge >= 0.3 is 13.1 Å². The first-order chi connectivity index (χ1) is 11.1. The Balaban J connectivity index is 2.09. The minimum absolute atomic E-state index is 0.142. The molecule has 1 heterocycles. The molecular formula is C18H23BO4. The minimum atomic E-state index is -0.477. The summed E-state index contributed by atoms with van der Waals surface area (Å²) in [5.41, 5.74) is 3.41. The molecule has 0 amide bonds. The first-order valence-electron chi connectivity index (χ1n) is 8.04. The summed E-state index contributed by atoms with van der Waals surface area (Å²) in [6.07, 6.45) is 2.89. The van der Waals surface area contributed by atoms with E-state index in [-0.39, 0.29) is 5.97 Å². The van der Waals surface area contributed by atoms with Crippen molar-refractivity contribution in [2.24, 2.45) is 0 Å². The van der Waals surface area contributed by atoms with Crippen molar-refractivity contribution in [3.63, 3.8) is 0 Å². The molecule has 0 unspecified atom stereocenters. The predicted molar refractivity (Wildman–Crippen MR) is 91.2 cm³/mol. The molecule has 1 fully saturated rings. The van der Waals surface area contributed by atoms with E-state index in [1.165, 1.54) is 11.1 Å². The standard InChI is InChI=1S/C18H23BO4/c1-5-16-15(10-8-12-18(20)21-6-2)9-7-11-17(16)19-22-13(3)14(4)23-19/h7,9,11H,3-6,8,10,12H2,1-2H3. The van der Waals surface area contributed by atoms with Gasteiger partial charge in [-0.15, -0.1) is 0 Å². The van der Waals surface area contributed by atoms with E-state index in [4.69, 9.17) is 14.0 Å². The molecule has 1 aromatic carbocycles. The van der Waals surface area contributed by atoms with E-state index in [0.717, 1.165) is 24.7 Å². The topological polar surface area (TPSA) is 44.8 Å². The van der Waals surface area contributed by atoms with E-state index in [1.807, 2.05) is 19.1 Å². The molecule has 0 aromatic heterocycles. The van der Waals surface area contributed by atoms with Crippen LogP contribution < -0.4 is 5.46 Å². The van der Waals surface area contributed by atoms with Crippen LogP contribution in [0.4, 0.5) is 0 Å². The zero-order valence-corrected chi connectivity index (χ0v) is 13.9. The van der Waals surface area contributed by atoms with Crippen LogP contribution >= 0.6 is 0 Å². The van der Waals surface area contributed by atoms with E-state index in [0.29, 0.717) is 24.5 Å². The fraction of sp³-hybridized carbons (Fsp3) is 0.389. The largest absolute Gasteiger partial charge is 0.633 e. The van der Waals surface area contributed by atoms with Crippen LogP contribution in [0, 0.1) is 0 Å². The van der Waals surface area contributed by atoms with Crippen LogP contribution in [-0.2, 0) is 31.7 Å². The molecule has 1 aliphatic heterocycles. The monoisotopic (exact) mass is 314 g/mol. The highest BCUT2D eigenvalue weighted by Gasteiger charge is 2.36. The Bertz CT molecular complexity index is 593. The maximum atomic E-state index is 11.5.